The van der Waals surface area contributed by atoms with Gasteiger partial charge in [-0.1, -0.05) is 0 Å². The normalized spacial score (nSPS) is 14.3. The van der Waals surface area contributed by atoms with E-state index in [4.69, 9.17) is 9.84 Å². The van der Waals surface area contributed by atoms with Gasteiger partial charge in [0.15, 0.2) is 0 Å². The molecule has 1 aromatic heterocycles. The summed E-state index contributed by atoms with van der Waals surface area (Å²) in [5, 5.41) is 11.3. The lowest BCUT2D eigenvalue weighted by Gasteiger charge is -2.25. The highest BCUT2D eigenvalue weighted by Crippen LogP contribution is 2.24. The minimum absolute atomic E-state index is 0.129. The predicted molar refractivity (Wildman–Crippen MR) is 76.3 cm³/mol. The zero-order chi connectivity index (χ0) is 15.1. The molecule has 0 aliphatic heterocycles. The maximum absolute atomic E-state index is 12.0. The van der Waals surface area contributed by atoms with Gasteiger partial charge >= 0.3 is 5.97 Å². The van der Waals surface area contributed by atoms with Gasteiger partial charge < -0.3 is 15.2 Å². The van der Waals surface area contributed by atoms with Crippen molar-refractivity contribution in [1.82, 2.24) is 10.3 Å². The zero-order valence-corrected chi connectivity index (χ0v) is 11.9. The van der Waals surface area contributed by atoms with Crippen molar-refractivity contribution in [1.29, 1.82) is 0 Å². The fourth-order valence-corrected chi connectivity index (χ4v) is 1.98. The molecule has 0 unspecified atom stereocenters. The van der Waals surface area contributed by atoms with Crippen LogP contribution in [0.25, 0.3) is 0 Å². The third kappa shape index (κ3) is 5.06. The Bertz CT molecular complexity index is 500. The van der Waals surface area contributed by atoms with Crippen LogP contribution < -0.4 is 10.1 Å². The van der Waals surface area contributed by atoms with Gasteiger partial charge in [-0.2, -0.15) is 0 Å². The van der Waals surface area contributed by atoms with Gasteiger partial charge in [-0.15, -0.1) is 0 Å². The van der Waals surface area contributed by atoms with Crippen molar-refractivity contribution in [3.63, 3.8) is 0 Å². The number of carboxylic acids is 1. The van der Waals surface area contributed by atoms with E-state index in [0.717, 1.165) is 12.8 Å². The molecule has 1 aliphatic carbocycles. The number of unbranched alkanes of at least 4 members (excludes halogenated alkanes) is 1. The molecule has 1 saturated carbocycles. The third-order valence-corrected chi connectivity index (χ3v) is 3.44. The number of nitrogens with one attached hydrogen (secondary N) is 1. The first-order valence-corrected chi connectivity index (χ1v) is 7.28. The molecule has 0 bridgehead atoms. The quantitative estimate of drug-likeness (QED) is 0.715. The van der Waals surface area contributed by atoms with E-state index in [1.54, 1.807) is 18.3 Å². The van der Waals surface area contributed by atoms with E-state index in [9.17, 15) is 9.59 Å². The molecule has 6 heteroatoms. The van der Waals surface area contributed by atoms with Crippen LogP contribution in [0, 0.1) is 0 Å². The first kappa shape index (κ1) is 15.3. The highest BCUT2D eigenvalue weighted by Gasteiger charge is 2.20. The van der Waals surface area contributed by atoms with Crippen LogP contribution in [0.2, 0.25) is 0 Å². The zero-order valence-electron chi connectivity index (χ0n) is 11.9. The van der Waals surface area contributed by atoms with Crippen LogP contribution in [0.15, 0.2) is 18.3 Å². The summed E-state index contributed by atoms with van der Waals surface area (Å²) in [5.41, 5.74) is 0.512. The van der Waals surface area contributed by atoms with Crippen LogP contribution in [0.3, 0.4) is 0 Å². The van der Waals surface area contributed by atoms with Crippen molar-refractivity contribution in [2.24, 2.45) is 0 Å². The molecule has 2 rings (SSSR count). The fraction of sp³-hybridized carbons (Fsp3) is 0.533. The second-order valence-corrected chi connectivity index (χ2v) is 5.16. The van der Waals surface area contributed by atoms with Crippen molar-refractivity contribution in [3.8, 4) is 5.88 Å². The Morgan fingerprint density at radius 3 is 2.86 bits per heavy atom. The molecule has 0 radical (unpaired) electrons. The summed E-state index contributed by atoms with van der Waals surface area (Å²) in [7, 11) is 0. The van der Waals surface area contributed by atoms with Gasteiger partial charge in [0, 0.05) is 30.8 Å². The lowest BCUT2D eigenvalue weighted by atomic mass is 9.96. The summed E-state index contributed by atoms with van der Waals surface area (Å²) in [5.74, 6) is -0.516. The Morgan fingerprint density at radius 2 is 2.19 bits per heavy atom. The number of rotatable bonds is 8. The standard InChI is InChI=1S/C15H20N2O4/c18-14(19)6-1-2-8-17-15(20)11-7-9-16-13(10-11)21-12-4-3-5-12/h7,9-10,12H,1-6,8H2,(H,17,20)(H,18,19). The first-order chi connectivity index (χ1) is 10.1. The summed E-state index contributed by atoms with van der Waals surface area (Å²) in [6.45, 7) is 0.466. The van der Waals surface area contributed by atoms with Gasteiger partial charge in [0.2, 0.25) is 5.88 Å². The molecule has 1 aliphatic rings. The molecule has 6 nitrogen and oxygen atoms in total. The highest BCUT2D eigenvalue weighted by atomic mass is 16.5. The molecular weight excluding hydrogens is 272 g/mol. The molecule has 0 saturated heterocycles. The lowest BCUT2D eigenvalue weighted by molar-refractivity contribution is -0.137. The minimum atomic E-state index is -0.812. The Kier molecular flexibility index (Phi) is 5.54. The number of nitrogens with zero attached hydrogens (tertiary/aromatic N) is 1. The van der Waals surface area contributed by atoms with Gasteiger partial charge in [-0.3, -0.25) is 9.59 Å². The number of hydrogen-bond acceptors (Lipinski definition) is 4. The molecule has 21 heavy (non-hydrogen) atoms. The molecule has 1 fully saturated rings. The number of carbonyl (C=O) groups excluding carboxylic acids is 1. The molecule has 1 amide bonds. The molecule has 2 N–H and O–H groups in total. The molecule has 0 spiro atoms. The largest absolute Gasteiger partial charge is 0.481 e. The van der Waals surface area contributed by atoms with Crippen molar-refractivity contribution in [3.05, 3.63) is 23.9 Å². The van der Waals surface area contributed by atoms with E-state index >= 15 is 0 Å². The summed E-state index contributed by atoms with van der Waals surface area (Å²) >= 11 is 0. The number of ether oxygens (including phenoxy) is 1. The molecular formula is C15H20N2O4. The fourth-order valence-electron chi connectivity index (χ4n) is 1.98. The number of aromatic nitrogens is 1. The summed E-state index contributed by atoms with van der Waals surface area (Å²) in [6, 6.07) is 3.28. The predicted octanol–water partition coefficient (Wildman–Crippen LogP) is 2.00. The molecule has 114 valence electrons. The number of hydrogen-bond donors (Lipinski definition) is 2. The average Bonchev–Trinajstić information content (AvgIpc) is 2.42. The summed E-state index contributed by atoms with van der Waals surface area (Å²) in [4.78, 5) is 26.4. The number of aliphatic carboxylic acids is 1. The van der Waals surface area contributed by atoms with Crippen molar-refractivity contribution in [2.45, 2.75) is 44.6 Å². The van der Waals surface area contributed by atoms with Gasteiger partial charge in [0.1, 0.15) is 6.10 Å². The average molecular weight is 292 g/mol. The van der Waals surface area contributed by atoms with Crippen LogP contribution in [0.1, 0.15) is 48.9 Å². The number of pyridine rings is 1. The van der Waals surface area contributed by atoms with Gasteiger partial charge in [-0.05, 0) is 38.2 Å². The summed E-state index contributed by atoms with van der Waals surface area (Å²) < 4.78 is 5.65. The second kappa shape index (κ2) is 7.61. The van der Waals surface area contributed by atoms with E-state index in [-0.39, 0.29) is 18.4 Å². The van der Waals surface area contributed by atoms with Gasteiger partial charge in [0.25, 0.3) is 5.91 Å². The highest BCUT2D eigenvalue weighted by molar-refractivity contribution is 5.94. The van der Waals surface area contributed by atoms with E-state index < -0.39 is 5.97 Å². The van der Waals surface area contributed by atoms with Gasteiger partial charge in [0.05, 0.1) is 0 Å². The van der Waals surface area contributed by atoms with Crippen molar-refractivity contribution < 1.29 is 19.4 Å². The Morgan fingerprint density at radius 1 is 1.38 bits per heavy atom. The van der Waals surface area contributed by atoms with Crippen LogP contribution in [-0.2, 0) is 4.79 Å². The van der Waals surface area contributed by atoms with E-state index in [1.165, 1.54) is 6.42 Å². The Labute approximate surface area is 123 Å². The lowest BCUT2D eigenvalue weighted by Crippen LogP contribution is -2.26. The molecule has 0 aromatic carbocycles. The molecule has 1 heterocycles. The minimum Gasteiger partial charge on any atom is -0.481 e. The van der Waals surface area contributed by atoms with Crippen molar-refractivity contribution >= 4 is 11.9 Å². The Balaban J connectivity index is 1.75. The summed E-state index contributed by atoms with van der Waals surface area (Å²) in [6.07, 6.45) is 6.39. The third-order valence-electron chi connectivity index (χ3n) is 3.44. The second-order valence-electron chi connectivity index (χ2n) is 5.16. The van der Waals surface area contributed by atoms with Crippen LogP contribution in [0.4, 0.5) is 0 Å². The number of carbonyl (C=O) groups is 2. The number of amides is 1. The maximum Gasteiger partial charge on any atom is 0.303 e. The van der Waals surface area contributed by atoms with E-state index in [2.05, 4.69) is 10.3 Å². The maximum atomic E-state index is 12.0. The van der Waals surface area contributed by atoms with Crippen LogP contribution >= 0.6 is 0 Å². The van der Waals surface area contributed by atoms with Gasteiger partial charge in [-0.25, -0.2) is 4.98 Å². The van der Waals surface area contributed by atoms with E-state index in [1.807, 2.05) is 0 Å². The number of carboxylic acid groups (broad SMARTS) is 1. The van der Waals surface area contributed by atoms with E-state index in [0.29, 0.717) is 30.8 Å². The first-order valence-electron chi connectivity index (χ1n) is 7.28. The monoisotopic (exact) mass is 292 g/mol. The van der Waals surface area contributed by atoms with Crippen LogP contribution in [0.5, 0.6) is 5.88 Å². The molecule has 0 atom stereocenters. The smallest absolute Gasteiger partial charge is 0.303 e. The topological polar surface area (TPSA) is 88.5 Å². The molecule has 1 aromatic rings. The van der Waals surface area contributed by atoms with Crippen LogP contribution in [-0.4, -0.2) is 34.6 Å². The van der Waals surface area contributed by atoms with Crippen molar-refractivity contribution in [2.75, 3.05) is 6.54 Å². The SMILES string of the molecule is O=C(O)CCCCNC(=O)c1ccnc(OC2CCC2)c1. The Hall–Kier alpha value is -2.11.